The lowest BCUT2D eigenvalue weighted by atomic mass is 10.2. The van der Waals surface area contributed by atoms with E-state index in [1.54, 1.807) is 4.90 Å². The number of aromatic nitrogens is 1. The van der Waals surface area contributed by atoms with E-state index in [1.165, 1.54) is 23.9 Å². The highest BCUT2D eigenvalue weighted by molar-refractivity contribution is 6.29. The monoisotopic (exact) mass is 373 g/mol. The normalized spacial score (nSPS) is 14.9. The van der Waals surface area contributed by atoms with E-state index >= 15 is 0 Å². The Kier molecular flexibility index (Phi) is 6.20. The first-order valence-corrected chi connectivity index (χ1v) is 8.82. The van der Waals surface area contributed by atoms with Crippen LogP contribution in [0.1, 0.15) is 15.9 Å². The molecule has 0 saturated carbocycles. The number of ether oxygens (including phenoxy) is 1. The van der Waals surface area contributed by atoms with Gasteiger partial charge < -0.3 is 9.64 Å². The molecule has 0 bridgehead atoms. The standard InChI is InChI=1S/C19H20ClN3O3/c20-17-7-6-16(12-21-17)19(25)26-14-18(24)23-10-8-22(9-11-23)13-15-4-2-1-3-5-15/h1-7,12H,8-11,13-14H2. The molecule has 1 aliphatic heterocycles. The second-order valence-electron chi connectivity index (χ2n) is 6.09. The number of hydrogen-bond acceptors (Lipinski definition) is 5. The van der Waals surface area contributed by atoms with E-state index in [2.05, 4.69) is 22.0 Å². The summed E-state index contributed by atoms with van der Waals surface area (Å²) in [6.07, 6.45) is 1.33. The second kappa shape index (κ2) is 8.78. The Morgan fingerprint density at radius 1 is 1.04 bits per heavy atom. The first-order chi connectivity index (χ1) is 12.6. The minimum Gasteiger partial charge on any atom is -0.452 e. The number of nitrogens with zero attached hydrogens (tertiary/aromatic N) is 3. The first-order valence-electron chi connectivity index (χ1n) is 8.44. The van der Waals surface area contributed by atoms with Crippen LogP contribution >= 0.6 is 11.6 Å². The van der Waals surface area contributed by atoms with Crippen LogP contribution in [0.4, 0.5) is 0 Å². The Labute approximate surface area is 157 Å². The van der Waals surface area contributed by atoms with E-state index in [0.29, 0.717) is 18.2 Å². The molecule has 1 aromatic carbocycles. The third-order valence-corrected chi connectivity index (χ3v) is 4.49. The third-order valence-electron chi connectivity index (χ3n) is 4.26. The average Bonchev–Trinajstić information content (AvgIpc) is 2.68. The molecule has 6 nitrogen and oxygen atoms in total. The molecule has 0 radical (unpaired) electrons. The van der Waals surface area contributed by atoms with Gasteiger partial charge in [-0.15, -0.1) is 0 Å². The summed E-state index contributed by atoms with van der Waals surface area (Å²) in [5.41, 5.74) is 1.53. The van der Waals surface area contributed by atoms with Crippen molar-refractivity contribution in [3.63, 3.8) is 0 Å². The molecular formula is C19H20ClN3O3. The molecule has 1 aliphatic rings. The molecule has 1 fully saturated rings. The minimum atomic E-state index is -0.578. The molecule has 1 saturated heterocycles. The number of benzene rings is 1. The number of pyridine rings is 1. The fourth-order valence-electron chi connectivity index (χ4n) is 2.80. The van der Waals surface area contributed by atoms with Gasteiger partial charge in [-0.25, -0.2) is 9.78 Å². The zero-order valence-electron chi connectivity index (χ0n) is 14.3. The van der Waals surface area contributed by atoms with Gasteiger partial charge in [0.1, 0.15) is 5.15 Å². The number of piperazine rings is 1. The molecule has 7 heteroatoms. The molecule has 0 atom stereocenters. The lowest BCUT2D eigenvalue weighted by Gasteiger charge is -2.34. The van der Waals surface area contributed by atoms with Gasteiger partial charge in [0.25, 0.3) is 5.91 Å². The van der Waals surface area contributed by atoms with Crippen LogP contribution in [-0.4, -0.2) is 59.4 Å². The molecule has 2 heterocycles. The van der Waals surface area contributed by atoms with Gasteiger partial charge in [0.2, 0.25) is 0 Å². The summed E-state index contributed by atoms with van der Waals surface area (Å²) in [5.74, 6) is -0.759. The van der Waals surface area contributed by atoms with Crippen molar-refractivity contribution in [3.05, 3.63) is 64.9 Å². The largest absolute Gasteiger partial charge is 0.452 e. The highest BCUT2D eigenvalue weighted by Gasteiger charge is 2.22. The van der Waals surface area contributed by atoms with Crippen LogP contribution in [-0.2, 0) is 16.1 Å². The van der Waals surface area contributed by atoms with Crippen molar-refractivity contribution in [2.75, 3.05) is 32.8 Å². The van der Waals surface area contributed by atoms with Crippen LogP contribution in [0.5, 0.6) is 0 Å². The van der Waals surface area contributed by atoms with Crippen LogP contribution in [0.2, 0.25) is 5.15 Å². The summed E-state index contributed by atoms with van der Waals surface area (Å²) in [7, 11) is 0. The third kappa shape index (κ3) is 5.03. The van der Waals surface area contributed by atoms with Crippen molar-refractivity contribution in [1.29, 1.82) is 0 Å². The molecule has 3 rings (SSSR count). The lowest BCUT2D eigenvalue weighted by Crippen LogP contribution is -2.49. The highest BCUT2D eigenvalue weighted by atomic mass is 35.5. The van der Waals surface area contributed by atoms with Crippen molar-refractivity contribution in [3.8, 4) is 0 Å². The fourth-order valence-corrected chi connectivity index (χ4v) is 2.91. The van der Waals surface area contributed by atoms with Gasteiger partial charge in [-0.05, 0) is 17.7 Å². The quantitative estimate of drug-likeness (QED) is 0.594. The van der Waals surface area contributed by atoms with Crippen molar-refractivity contribution >= 4 is 23.5 Å². The zero-order valence-corrected chi connectivity index (χ0v) is 15.1. The van der Waals surface area contributed by atoms with Crippen LogP contribution in [0.3, 0.4) is 0 Å². The fraction of sp³-hybridized carbons (Fsp3) is 0.316. The van der Waals surface area contributed by atoms with E-state index in [0.717, 1.165) is 19.6 Å². The summed E-state index contributed by atoms with van der Waals surface area (Å²) in [4.78, 5) is 32.0. The predicted molar refractivity (Wildman–Crippen MR) is 97.8 cm³/mol. The topological polar surface area (TPSA) is 62.7 Å². The summed E-state index contributed by atoms with van der Waals surface area (Å²) >= 11 is 5.68. The summed E-state index contributed by atoms with van der Waals surface area (Å²) < 4.78 is 5.08. The predicted octanol–water partition coefficient (Wildman–Crippen LogP) is 2.24. The van der Waals surface area contributed by atoms with E-state index in [-0.39, 0.29) is 18.1 Å². The van der Waals surface area contributed by atoms with Gasteiger partial charge in [-0.1, -0.05) is 41.9 Å². The Bertz CT molecular complexity index is 744. The molecule has 136 valence electrons. The Morgan fingerprint density at radius 3 is 2.42 bits per heavy atom. The maximum absolute atomic E-state index is 12.2. The van der Waals surface area contributed by atoms with Gasteiger partial charge in [0.15, 0.2) is 6.61 Å². The number of carbonyl (C=O) groups excluding carboxylic acids is 2. The van der Waals surface area contributed by atoms with Gasteiger partial charge in [-0.3, -0.25) is 9.69 Å². The summed E-state index contributed by atoms with van der Waals surface area (Å²) in [6.45, 7) is 3.48. The SMILES string of the molecule is O=C(OCC(=O)N1CCN(Cc2ccccc2)CC1)c1ccc(Cl)nc1. The molecule has 2 aromatic rings. The molecule has 1 amide bonds. The van der Waals surface area contributed by atoms with Gasteiger partial charge >= 0.3 is 5.97 Å². The number of halogens is 1. The number of hydrogen-bond donors (Lipinski definition) is 0. The van der Waals surface area contributed by atoms with Gasteiger partial charge in [-0.2, -0.15) is 0 Å². The molecule has 26 heavy (non-hydrogen) atoms. The van der Waals surface area contributed by atoms with Crippen LogP contribution in [0, 0.1) is 0 Å². The molecule has 0 spiro atoms. The van der Waals surface area contributed by atoms with Crippen molar-refractivity contribution in [1.82, 2.24) is 14.8 Å². The Balaban J connectivity index is 1.42. The van der Waals surface area contributed by atoms with Crippen molar-refractivity contribution in [2.24, 2.45) is 0 Å². The van der Waals surface area contributed by atoms with Crippen LogP contribution in [0.25, 0.3) is 0 Å². The Morgan fingerprint density at radius 2 is 1.77 bits per heavy atom. The zero-order chi connectivity index (χ0) is 18.4. The maximum atomic E-state index is 12.2. The van der Waals surface area contributed by atoms with E-state index in [9.17, 15) is 9.59 Å². The highest BCUT2D eigenvalue weighted by Crippen LogP contribution is 2.10. The average molecular weight is 374 g/mol. The van der Waals surface area contributed by atoms with Gasteiger partial charge in [0.05, 0.1) is 5.56 Å². The Hall–Kier alpha value is -2.44. The van der Waals surface area contributed by atoms with E-state index < -0.39 is 5.97 Å². The molecular weight excluding hydrogens is 354 g/mol. The summed E-state index contributed by atoms with van der Waals surface area (Å²) in [6, 6.07) is 13.3. The van der Waals surface area contributed by atoms with Crippen LogP contribution < -0.4 is 0 Å². The van der Waals surface area contributed by atoms with E-state index in [4.69, 9.17) is 16.3 Å². The molecule has 0 aliphatic carbocycles. The van der Waals surface area contributed by atoms with Crippen molar-refractivity contribution < 1.29 is 14.3 Å². The number of amides is 1. The van der Waals surface area contributed by atoms with E-state index in [1.807, 2.05) is 18.2 Å². The minimum absolute atomic E-state index is 0.181. The molecule has 0 unspecified atom stereocenters. The number of esters is 1. The summed E-state index contributed by atoms with van der Waals surface area (Å²) in [5, 5.41) is 0.297. The van der Waals surface area contributed by atoms with Crippen molar-refractivity contribution in [2.45, 2.75) is 6.54 Å². The number of carbonyl (C=O) groups is 2. The maximum Gasteiger partial charge on any atom is 0.340 e. The first kappa shape index (κ1) is 18.4. The van der Waals surface area contributed by atoms with Crippen LogP contribution in [0.15, 0.2) is 48.7 Å². The number of rotatable bonds is 5. The molecule has 1 aromatic heterocycles. The second-order valence-corrected chi connectivity index (χ2v) is 6.48. The van der Waals surface area contributed by atoms with Gasteiger partial charge in [0, 0.05) is 38.9 Å². The lowest BCUT2D eigenvalue weighted by molar-refractivity contribution is -0.136. The smallest absolute Gasteiger partial charge is 0.340 e. The molecule has 0 N–H and O–H groups in total.